The van der Waals surface area contributed by atoms with Crippen LogP contribution < -0.4 is 4.74 Å². The van der Waals surface area contributed by atoms with E-state index in [0.717, 1.165) is 4.31 Å². The van der Waals surface area contributed by atoms with Crippen molar-refractivity contribution in [3.63, 3.8) is 0 Å². The maximum atomic E-state index is 12.7. The van der Waals surface area contributed by atoms with Crippen LogP contribution in [-0.2, 0) is 14.8 Å². The van der Waals surface area contributed by atoms with Gasteiger partial charge in [0.15, 0.2) is 11.8 Å². The molecule has 1 aliphatic rings. The quantitative estimate of drug-likeness (QED) is 0.648. The largest absolute Gasteiger partial charge is 0.484 e. The summed E-state index contributed by atoms with van der Waals surface area (Å²) in [5.74, 6) is 0.276. The second-order valence-electron chi connectivity index (χ2n) is 6.86. The molecule has 7 nitrogen and oxygen atoms in total. The lowest BCUT2D eigenvalue weighted by atomic mass is 10.3. The van der Waals surface area contributed by atoms with Gasteiger partial charge in [-0.25, -0.2) is 17.7 Å². The molecule has 1 unspecified atom stereocenters. The molecule has 2 aromatic rings. The molecule has 1 aliphatic heterocycles. The summed E-state index contributed by atoms with van der Waals surface area (Å²) in [5.41, 5.74) is 0.461. The van der Waals surface area contributed by atoms with Crippen LogP contribution in [0, 0.1) is 0 Å². The third kappa shape index (κ3) is 5.34. The second kappa shape index (κ2) is 9.38. The highest BCUT2D eigenvalue weighted by atomic mass is 35.5. The van der Waals surface area contributed by atoms with E-state index >= 15 is 0 Å². The lowest BCUT2D eigenvalue weighted by Crippen LogP contribution is -2.36. The van der Waals surface area contributed by atoms with E-state index in [0.29, 0.717) is 28.2 Å². The number of hydrogen-bond acceptors (Lipinski definition) is 6. The summed E-state index contributed by atoms with van der Waals surface area (Å²) in [6.45, 7) is 2.34. The number of nitrogens with zero attached hydrogens (tertiary/aromatic N) is 3. The summed E-state index contributed by atoms with van der Waals surface area (Å²) in [6, 6.07) is 13.2. The molecule has 1 saturated heterocycles. The highest BCUT2D eigenvalue weighted by molar-refractivity contribution is 8.14. The number of sulfonamides is 1. The van der Waals surface area contributed by atoms with Crippen molar-refractivity contribution in [3.05, 3.63) is 53.6 Å². The van der Waals surface area contributed by atoms with Crippen LogP contribution in [0.15, 0.2) is 58.4 Å². The van der Waals surface area contributed by atoms with Crippen molar-refractivity contribution in [2.45, 2.75) is 17.1 Å². The number of thioether (sulfide) groups is 1. The van der Waals surface area contributed by atoms with Crippen LogP contribution in [-0.4, -0.2) is 61.2 Å². The van der Waals surface area contributed by atoms with E-state index < -0.39 is 10.0 Å². The summed E-state index contributed by atoms with van der Waals surface area (Å²) in [4.78, 5) is 19.0. The number of rotatable bonds is 6. The summed E-state index contributed by atoms with van der Waals surface area (Å²) < 4.78 is 31.5. The Hall–Kier alpha value is -2.07. The Kier molecular flexibility index (Phi) is 7.07. The minimum atomic E-state index is -3.57. The fourth-order valence-electron chi connectivity index (χ4n) is 2.73. The summed E-state index contributed by atoms with van der Waals surface area (Å²) in [6.07, 6.45) is 0. The van der Waals surface area contributed by atoms with Crippen LogP contribution in [0.2, 0.25) is 5.02 Å². The molecule has 1 amide bonds. The number of amidine groups is 1. The second-order valence-corrected chi connectivity index (χ2v) is 10.9. The molecular formula is C20H22ClN3O4S2. The third-order valence-electron chi connectivity index (χ3n) is 4.26. The Morgan fingerprint density at radius 3 is 2.70 bits per heavy atom. The Bertz CT molecular complexity index is 1070. The first-order chi connectivity index (χ1) is 14.2. The lowest BCUT2D eigenvalue weighted by Gasteiger charge is -2.17. The van der Waals surface area contributed by atoms with Gasteiger partial charge in [0.1, 0.15) is 5.75 Å². The van der Waals surface area contributed by atoms with Gasteiger partial charge < -0.3 is 4.74 Å². The molecule has 1 fully saturated rings. The predicted octanol–water partition coefficient (Wildman–Crippen LogP) is 3.62. The zero-order valence-corrected chi connectivity index (χ0v) is 19.2. The Morgan fingerprint density at radius 1 is 1.27 bits per heavy atom. The van der Waals surface area contributed by atoms with Gasteiger partial charge in [0.05, 0.1) is 10.6 Å². The molecule has 30 heavy (non-hydrogen) atoms. The fourth-order valence-corrected chi connectivity index (χ4v) is 4.89. The third-order valence-corrected chi connectivity index (χ3v) is 7.38. The zero-order chi connectivity index (χ0) is 21.9. The summed E-state index contributed by atoms with van der Waals surface area (Å²) >= 11 is 7.40. The summed E-state index contributed by atoms with van der Waals surface area (Å²) in [5, 5.41) is 1.20. The number of halogens is 1. The van der Waals surface area contributed by atoms with Crippen molar-refractivity contribution < 1.29 is 17.9 Å². The number of aliphatic imine (C=N–C) groups is 1. The minimum absolute atomic E-state index is 0.146. The van der Waals surface area contributed by atoms with Gasteiger partial charge in [-0.15, -0.1) is 0 Å². The van der Waals surface area contributed by atoms with E-state index in [1.807, 2.05) is 6.92 Å². The van der Waals surface area contributed by atoms with Crippen molar-refractivity contribution >= 4 is 50.1 Å². The predicted molar refractivity (Wildman–Crippen MR) is 120 cm³/mol. The molecule has 0 bridgehead atoms. The first kappa shape index (κ1) is 22.6. The van der Waals surface area contributed by atoms with Crippen molar-refractivity contribution in [1.82, 2.24) is 9.21 Å². The Morgan fingerprint density at radius 2 is 2.00 bits per heavy atom. The molecule has 160 valence electrons. The molecule has 0 aliphatic carbocycles. The van der Waals surface area contributed by atoms with E-state index in [4.69, 9.17) is 16.3 Å². The monoisotopic (exact) mass is 467 g/mol. The molecule has 0 N–H and O–H groups in total. The fraction of sp³-hybridized carbons (Fsp3) is 0.300. The number of carbonyl (C=O) groups excluding carboxylic acids is 1. The van der Waals surface area contributed by atoms with E-state index in [2.05, 4.69) is 4.99 Å². The maximum absolute atomic E-state index is 12.7. The number of carbonyl (C=O) groups is 1. The highest BCUT2D eigenvalue weighted by Crippen LogP contribution is 2.29. The Balaban J connectivity index is 1.79. The minimum Gasteiger partial charge on any atom is -0.484 e. The molecule has 3 rings (SSSR count). The van der Waals surface area contributed by atoms with Gasteiger partial charge in [-0.2, -0.15) is 0 Å². The van der Waals surface area contributed by atoms with Gasteiger partial charge in [0.25, 0.3) is 5.91 Å². The first-order valence-corrected chi connectivity index (χ1v) is 11.8. The smallest absolute Gasteiger partial charge is 0.266 e. The number of ether oxygens (including phenoxy) is 1. The standard InChI is InChI=1S/C20H22ClN3O4S2/c1-14-12-24(19(25)13-28-17-8-4-6-15(21)10-17)20(29-14)22-16-7-5-9-18(11-16)30(26,27)23(2)3/h4-11,14H,12-13H2,1-3H3. The molecule has 0 aromatic heterocycles. The van der Waals surface area contributed by atoms with Crippen LogP contribution in [0.1, 0.15) is 6.92 Å². The maximum Gasteiger partial charge on any atom is 0.266 e. The van der Waals surface area contributed by atoms with Crippen molar-refractivity contribution in [1.29, 1.82) is 0 Å². The van der Waals surface area contributed by atoms with Gasteiger partial charge in [-0.05, 0) is 36.4 Å². The molecule has 1 atom stereocenters. The van der Waals surface area contributed by atoms with E-state index in [1.165, 1.54) is 38.0 Å². The van der Waals surface area contributed by atoms with Gasteiger partial charge >= 0.3 is 0 Å². The van der Waals surface area contributed by atoms with Gasteiger partial charge in [-0.1, -0.05) is 42.4 Å². The lowest BCUT2D eigenvalue weighted by molar-refractivity contribution is -0.129. The van der Waals surface area contributed by atoms with Gasteiger partial charge in [0, 0.05) is 30.9 Å². The van der Waals surface area contributed by atoms with Gasteiger partial charge in [-0.3, -0.25) is 9.69 Å². The molecule has 0 radical (unpaired) electrons. The van der Waals surface area contributed by atoms with Crippen LogP contribution in [0.25, 0.3) is 0 Å². The molecule has 0 spiro atoms. The normalized spacial score (nSPS) is 18.2. The van der Waals surface area contributed by atoms with E-state index in [-0.39, 0.29) is 22.7 Å². The number of hydrogen-bond donors (Lipinski definition) is 0. The summed E-state index contributed by atoms with van der Waals surface area (Å²) in [7, 11) is -0.621. The van der Waals surface area contributed by atoms with Crippen molar-refractivity contribution in [3.8, 4) is 5.75 Å². The molecule has 2 aromatic carbocycles. The zero-order valence-electron chi connectivity index (χ0n) is 16.8. The van der Waals surface area contributed by atoms with Crippen LogP contribution in [0.3, 0.4) is 0 Å². The van der Waals surface area contributed by atoms with Crippen molar-refractivity contribution in [2.75, 3.05) is 27.2 Å². The molecule has 10 heteroatoms. The topological polar surface area (TPSA) is 79.3 Å². The van der Waals surface area contributed by atoms with E-state index in [9.17, 15) is 13.2 Å². The molecular weight excluding hydrogens is 446 g/mol. The first-order valence-electron chi connectivity index (χ1n) is 9.13. The SMILES string of the molecule is CC1CN(C(=O)COc2cccc(Cl)c2)C(=Nc2cccc(S(=O)(=O)N(C)C)c2)S1. The van der Waals surface area contributed by atoms with Crippen LogP contribution in [0.4, 0.5) is 5.69 Å². The van der Waals surface area contributed by atoms with Crippen molar-refractivity contribution in [2.24, 2.45) is 4.99 Å². The highest BCUT2D eigenvalue weighted by Gasteiger charge is 2.31. The van der Waals surface area contributed by atoms with Gasteiger partial charge in [0.2, 0.25) is 10.0 Å². The van der Waals surface area contributed by atoms with Crippen LogP contribution >= 0.6 is 23.4 Å². The number of amides is 1. The van der Waals surface area contributed by atoms with Crippen LogP contribution in [0.5, 0.6) is 5.75 Å². The molecule has 1 heterocycles. The Labute approximate surface area is 185 Å². The van der Waals surface area contributed by atoms with E-state index in [1.54, 1.807) is 41.3 Å². The molecule has 0 saturated carbocycles. The average molecular weight is 468 g/mol. The number of benzene rings is 2. The average Bonchev–Trinajstić information content (AvgIpc) is 3.06.